The lowest BCUT2D eigenvalue weighted by atomic mass is 10.2. The molecular formula is C19H19N3O4S. The van der Waals surface area contributed by atoms with Crippen LogP contribution in [0.1, 0.15) is 0 Å². The van der Waals surface area contributed by atoms with Gasteiger partial charge in [-0.15, -0.1) is 0 Å². The molecule has 1 fully saturated rings. The van der Waals surface area contributed by atoms with Crippen LogP contribution in [0.2, 0.25) is 0 Å². The summed E-state index contributed by atoms with van der Waals surface area (Å²) in [5, 5.41) is 3.45. The first kappa shape index (κ1) is 17.4. The molecule has 2 amide bonds. The third-order valence-electron chi connectivity index (χ3n) is 4.33. The van der Waals surface area contributed by atoms with Crippen LogP contribution in [0.25, 0.3) is 10.2 Å². The maximum absolute atomic E-state index is 12.4. The summed E-state index contributed by atoms with van der Waals surface area (Å²) >= 11 is 1.47. The van der Waals surface area contributed by atoms with E-state index in [4.69, 9.17) is 14.2 Å². The molecule has 1 aliphatic rings. The molecule has 0 spiro atoms. The highest BCUT2D eigenvalue weighted by molar-refractivity contribution is 7.20. The predicted molar refractivity (Wildman–Crippen MR) is 104 cm³/mol. The molecule has 0 atom stereocenters. The Hall–Kier alpha value is -3.00. The zero-order valence-electron chi connectivity index (χ0n) is 15.0. The smallest absolute Gasteiger partial charge is 0.322 e. The number of benzene rings is 2. The summed E-state index contributed by atoms with van der Waals surface area (Å²) in [7, 11) is 3.20. The number of amides is 2. The average molecular weight is 385 g/mol. The summed E-state index contributed by atoms with van der Waals surface area (Å²) < 4.78 is 17.5. The quantitative estimate of drug-likeness (QED) is 0.726. The first-order chi connectivity index (χ1) is 13.2. The van der Waals surface area contributed by atoms with Gasteiger partial charge in [-0.05, 0) is 24.3 Å². The van der Waals surface area contributed by atoms with Crippen molar-refractivity contribution in [3.05, 3.63) is 42.5 Å². The number of carbonyl (C=O) groups excluding carboxylic acids is 1. The molecule has 2 aromatic carbocycles. The van der Waals surface area contributed by atoms with Crippen LogP contribution in [-0.4, -0.2) is 49.3 Å². The zero-order chi connectivity index (χ0) is 18.8. The van der Waals surface area contributed by atoms with Gasteiger partial charge in [0.25, 0.3) is 5.19 Å². The molecule has 0 radical (unpaired) electrons. The predicted octanol–water partition coefficient (Wildman–Crippen LogP) is 3.61. The van der Waals surface area contributed by atoms with Crippen LogP contribution < -0.4 is 19.5 Å². The molecule has 27 heavy (non-hydrogen) atoms. The van der Waals surface area contributed by atoms with Gasteiger partial charge < -0.3 is 24.4 Å². The Balaban J connectivity index is 1.35. The third kappa shape index (κ3) is 3.48. The van der Waals surface area contributed by atoms with Crippen LogP contribution in [-0.2, 0) is 0 Å². The monoisotopic (exact) mass is 385 g/mol. The summed E-state index contributed by atoms with van der Waals surface area (Å²) in [6, 6.07) is 12.9. The maximum Gasteiger partial charge on any atom is 0.322 e. The Kier molecular flexibility index (Phi) is 4.72. The molecule has 1 aliphatic heterocycles. The SMILES string of the molecule is COc1ccccc1NC(=O)N1CC(Oc2nc3c(OC)cccc3s2)C1. The Morgan fingerprint density at radius 2 is 1.85 bits per heavy atom. The van der Waals surface area contributed by atoms with E-state index < -0.39 is 0 Å². The van der Waals surface area contributed by atoms with Gasteiger partial charge in [-0.1, -0.05) is 29.5 Å². The summed E-state index contributed by atoms with van der Waals surface area (Å²) in [5.41, 5.74) is 1.44. The summed E-state index contributed by atoms with van der Waals surface area (Å²) in [6.45, 7) is 1.02. The fourth-order valence-electron chi connectivity index (χ4n) is 2.88. The molecule has 3 aromatic rings. The lowest BCUT2D eigenvalue weighted by Crippen LogP contribution is -2.57. The molecule has 0 aliphatic carbocycles. The molecule has 140 valence electrons. The van der Waals surface area contributed by atoms with Crippen molar-refractivity contribution in [3.8, 4) is 16.7 Å². The van der Waals surface area contributed by atoms with E-state index in [2.05, 4.69) is 10.3 Å². The molecule has 0 bridgehead atoms. The van der Waals surface area contributed by atoms with E-state index in [0.29, 0.717) is 29.7 Å². The highest BCUT2D eigenvalue weighted by atomic mass is 32.1. The van der Waals surface area contributed by atoms with Crippen molar-refractivity contribution in [1.82, 2.24) is 9.88 Å². The van der Waals surface area contributed by atoms with Crippen LogP contribution in [0.5, 0.6) is 16.7 Å². The lowest BCUT2D eigenvalue weighted by molar-refractivity contribution is 0.0492. The van der Waals surface area contributed by atoms with E-state index >= 15 is 0 Å². The standard InChI is InChI=1S/C19H19N3O4S/c1-24-14-7-4-3-6-13(14)20-18(23)22-10-12(11-22)26-19-21-17-15(25-2)8-5-9-16(17)27-19/h3-9,12H,10-11H2,1-2H3,(H,20,23). The number of thiazole rings is 1. The van der Waals surface area contributed by atoms with E-state index in [1.54, 1.807) is 31.3 Å². The minimum Gasteiger partial charge on any atom is -0.495 e. The number of ether oxygens (including phenoxy) is 3. The van der Waals surface area contributed by atoms with Crippen molar-refractivity contribution in [2.24, 2.45) is 0 Å². The second-order valence-corrected chi connectivity index (χ2v) is 7.06. The highest BCUT2D eigenvalue weighted by Crippen LogP contribution is 2.34. The summed E-state index contributed by atoms with van der Waals surface area (Å²) in [6.07, 6.45) is -0.0695. The molecule has 8 heteroatoms. The van der Waals surface area contributed by atoms with E-state index in [1.165, 1.54) is 11.3 Å². The molecule has 1 N–H and O–H groups in total. The number of rotatable bonds is 5. The minimum absolute atomic E-state index is 0.0695. The summed E-state index contributed by atoms with van der Waals surface area (Å²) in [5.74, 6) is 1.35. The van der Waals surface area contributed by atoms with E-state index in [9.17, 15) is 4.79 Å². The van der Waals surface area contributed by atoms with E-state index in [0.717, 1.165) is 16.0 Å². The van der Waals surface area contributed by atoms with Gasteiger partial charge in [0.05, 0.1) is 37.7 Å². The van der Waals surface area contributed by atoms with E-state index in [-0.39, 0.29) is 12.1 Å². The molecule has 7 nitrogen and oxygen atoms in total. The number of para-hydroxylation sites is 3. The minimum atomic E-state index is -0.176. The van der Waals surface area contributed by atoms with Gasteiger partial charge in [-0.2, -0.15) is 4.98 Å². The van der Waals surface area contributed by atoms with Crippen LogP contribution in [0, 0.1) is 0 Å². The van der Waals surface area contributed by atoms with Crippen molar-refractivity contribution >= 4 is 33.3 Å². The zero-order valence-corrected chi connectivity index (χ0v) is 15.8. The first-order valence-corrected chi connectivity index (χ1v) is 9.28. The van der Waals surface area contributed by atoms with Crippen molar-refractivity contribution < 1.29 is 19.0 Å². The Labute approximate surface area is 160 Å². The number of fused-ring (bicyclic) bond motifs is 1. The summed E-state index contributed by atoms with van der Waals surface area (Å²) in [4.78, 5) is 18.5. The van der Waals surface area contributed by atoms with Gasteiger partial charge in [-0.3, -0.25) is 0 Å². The lowest BCUT2D eigenvalue weighted by Gasteiger charge is -2.38. The Morgan fingerprint density at radius 1 is 1.11 bits per heavy atom. The topological polar surface area (TPSA) is 72.9 Å². The molecule has 1 saturated heterocycles. The number of urea groups is 1. The fourth-order valence-corrected chi connectivity index (χ4v) is 3.78. The number of carbonyl (C=O) groups is 1. The number of nitrogens with one attached hydrogen (secondary N) is 1. The molecule has 0 saturated carbocycles. The van der Waals surface area contributed by atoms with Gasteiger partial charge in [0, 0.05) is 0 Å². The van der Waals surface area contributed by atoms with Gasteiger partial charge in [0.1, 0.15) is 23.1 Å². The second kappa shape index (κ2) is 7.32. The van der Waals surface area contributed by atoms with Crippen molar-refractivity contribution in [2.75, 3.05) is 32.6 Å². The highest BCUT2D eigenvalue weighted by Gasteiger charge is 2.33. The Bertz CT molecular complexity index is 968. The first-order valence-electron chi connectivity index (χ1n) is 8.47. The molecular weight excluding hydrogens is 366 g/mol. The number of nitrogens with zero attached hydrogens (tertiary/aromatic N) is 2. The fraction of sp³-hybridized carbons (Fsp3) is 0.263. The second-order valence-electron chi connectivity index (χ2n) is 6.06. The van der Waals surface area contributed by atoms with Crippen molar-refractivity contribution in [2.45, 2.75) is 6.10 Å². The number of anilines is 1. The number of hydrogen-bond acceptors (Lipinski definition) is 6. The number of methoxy groups -OCH3 is 2. The van der Waals surface area contributed by atoms with Gasteiger partial charge in [0.15, 0.2) is 0 Å². The van der Waals surface area contributed by atoms with Crippen molar-refractivity contribution in [1.29, 1.82) is 0 Å². The molecule has 4 rings (SSSR count). The van der Waals surface area contributed by atoms with Gasteiger partial charge in [0.2, 0.25) is 0 Å². The van der Waals surface area contributed by atoms with Crippen LogP contribution in [0.4, 0.5) is 10.5 Å². The van der Waals surface area contributed by atoms with Crippen molar-refractivity contribution in [3.63, 3.8) is 0 Å². The third-order valence-corrected chi connectivity index (χ3v) is 5.25. The molecule has 2 heterocycles. The number of aromatic nitrogens is 1. The molecule has 0 unspecified atom stereocenters. The normalized spacial score (nSPS) is 13.9. The Morgan fingerprint density at radius 3 is 2.63 bits per heavy atom. The van der Waals surface area contributed by atoms with Crippen LogP contribution in [0.3, 0.4) is 0 Å². The number of hydrogen-bond donors (Lipinski definition) is 1. The molecule has 1 aromatic heterocycles. The average Bonchev–Trinajstić information content (AvgIpc) is 3.07. The van der Waals surface area contributed by atoms with Crippen LogP contribution >= 0.6 is 11.3 Å². The van der Waals surface area contributed by atoms with E-state index in [1.807, 2.05) is 30.3 Å². The maximum atomic E-state index is 12.4. The van der Waals surface area contributed by atoms with Gasteiger partial charge >= 0.3 is 6.03 Å². The number of likely N-dealkylation sites (tertiary alicyclic amines) is 1. The van der Waals surface area contributed by atoms with Gasteiger partial charge in [-0.25, -0.2) is 4.79 Å². The largest absolute Gasteiger partial charge is 0.495 e. The van der Waals surface area contributed by atoms with Crippen LogP contribution in [0.15, 0.2) is 42.5 Å².